The zero-order valence-electron chi connectivity index (χ0n) is 14.5. The van der Waals surface area contributed by atoms with Crippen LogP contribution in [-0.4, -0.2) is 47.8 Å². The Morgan fingerprint density at radius 1 is 0.880 bits per heavy atom. The van der Waals surface area contributed by atoms with E-state index in [9.17, 15) is 9.59 Å². The summed E-state index contributed by atoms with van der Waals surface area (Å²) < 4.78 is 1.07. The fourth-order valence-corrected chi connectivity index (χ4v) is 4.59. The first-order chi connectivity index (χ1) is 12.1. The second-order valence-electron chi connectivity index (χ2n) is 7.63. The van der Waals surface area contributed by atoms with Crippen molar-refractivity contribution in [2.45, 2.75) is 38.0 Å². The Kier molecular flexibility index (Phi) is 4.85. The third-order valence-corrected chi connectivity index (χ3v) is 6.51. The van der Waals surface area contributed by atoms with E-state index in [-0.39, 0.29) is 11.8 Å². The molecule has 0 spiro atoms. The molecule has 0 bridgehead atoms. The van der Waals surface area contributed by atoms with Crippen LogP contribution in [0.25, 0.3) is 0 Å². The van der Waals surface area contributed by atoms with Gasteiger partial charge in [-0.2, -0.15) is 0 Å². The van der Waals surface area contributed by atoms with E-state index in [2.05, 4.69) is 28.1 Å². The quantitative estimate of drug-likeness (QED) is 0.774. The molecule has 4 nitrogen and oxygen atoms in total. The van der Waals surface area contributed by atoms with Crippen LogP contribution in [-0.2, 0) is 9.59 Å². The van der Waals surface area contributed by atoms with E-state index in [0.717, 1.165) is 62.8 Å². The van der Waals surface area contributed by atoms with Crippen LogP contribution >= 0.6 is 15.9 Å². The highest BCUT2D eigenvalue weighted by molar-refractivity contribution is 9.10. The summed E-state index contributed by atoms with van der Waals surface area (Å²) in [4.78, 5) is 29.3. The Bertz CT molecular complexity index is 646. The summed E-state index contributed by atoms with van der Waals surface area (Å²) in [5.41, 5.74) is 1.26. The summed E-state index contributed by atoms with van der Waals surface area (Å²) in [6.45, 7) is 3.34. The molecule has 1 saturated carbocycles. The zero-order chi connectivity index (χ0) is 17.4. The Balaban J connectivity index is 1.29. The van der Waals surface area contributed by atoms with Gasteiger partial charge in [-0.1, -0.05) is 28.1 Å². The lowest BCUT2D eigenvalue weighted by Crippen LogP contribution is -2.44. The van der Waals surface area contributed by atoms with Crippen LogP contribution < -0.4 is 0 Å². The Morgan fingerprint density at radius 3 is 2.12 bits per heavy atom. The maximum absolute atomic E-state index is 12.8. The maximum Gasteiger partial charge on any atom is 0.226 e. The van der Waals surface area contributed by atoms with E-state index >= 15 is 0 Å². The minimum Gasteiger partial charge on any atom is -0.342 e. The highest BCUT2D eigenvalue weighted by atomic mass is 79.9. The normalized spacial score (nSPS) is 26.8. The molecule has 0 aromatic heterocycles. The van der Waals surface area contributed by atoms with Gasteiger partial charge in [0.25, 0.3) is 0 Å². The van der Waals surface area contributed by atoms with Crippen LogP contribution in [0.15, 0.2) is 28.7 Å². The second kappa shape index (κ2) is 7.10. The van der Waals surface area contributed by atoms with Crippen LogP contribution in [0.3, 0.4) is 0 Å². The Hall–Kier alpha value is -1.36. The van der Waals surface area contributed by atoms with Gasteiger partial charge in [-0.3, -0.25) is 9.59 Å². The molecule has 2 heterocycles. The van der Waals surface area contributed by atoms with E-state index in [1.54, 1.807) is 0 Å². The average molecular weight is 405 g/mol. The largest absolute Gasteiger partial charge is 0.342 e. The molecule has 1 aliphatic carbocycles. The van der Waals surface area contributed by atoms with Crippen LogP contribution in [0.5, 0.6) is 0 Å². The number of carbonyl (C=O) groups excluding carboxylic acids is 2. The number of piperidine rings is 1. The van der Waals surface area contributed by atoms with Gasteiger partial charge in [0, 0.05) is 42.5 Å². The molecule has 5 heteroatoms. The molecular weight excluding hydrogens is 380 g/mol. The molecule has 3 fully saturated rings. The van der Waals surface area contributed by atoms with Gasteiger partial charge < -0.3 is 9.80 Å². The van der Waals surface area contributed by atoms with E-state index in [1.165, 1.54) is 5.56 Å². The molecule has 0 radical (unpaired) electrons. The van der Waals surface area contributed by atoms with Crippen molar-refractivity contribution in [1.82, 2.24) is 9.80 Å². The van der Waals surface area contributed by atoms with Gasteiger partial charge in [0.2, 0.25) is 11.8 Å². The van der Waals surface area contributed by atoms with Gasteiger partial charge in [-0.05, 0) is 55.7 Å². The summed E-state index contributed by atoms with van der Waals surface area (Å²) in [6, 6.07) is 8.32. The van der Waals surface area contributed by atoms with Gasteiger partial charge in [0.1, 0.15) is 0 Å². The zero-order valence-corrected chi connectivity index (χ0v) is 16.1. The molecule has 1 aromatic rings. The number of benzene rings is 1. The van der Waals surface area contributed by atoms with Gasteiger partial charge in [-0.15, -0.1) is 0 Å². The number of nitrogens with zero attached hydrogens (tertiary/aromatic N) is 2. The highest BCUT2D eigenvalue weighted by Crippen LogP contribution is 2.49. The highest BCUT2D eigenvalue weighted by Gasteiger charge is 2.46. The minimum atomic E-state index is 0.128. The number of rotatable bonds is 3. The molecule has 2 saturated heterocycles. The lowest BCUT2D eigenvalue weighted by molar-refractivity contribution is -0.140. The number of halogens is 1. The van der Waals surface area contributed by atoms with Crippen LogP contribution in [0.4, 0.5) is 0 Å². The van der Waals surface area contributed by atoms with E-state index in [4.69, 9.17) is 0 Å². The van der Waals surface area contributed by atoms with Crippen molar-refractivity contribution in [3.8, 4) is 0 Å². The van der Waals surface area contributed by atoms with Crippen molar-refractivity contribution in [3.05, 3.63) is 34.3 Å². The van der Waals surface area contributed by atoms with Crippen molar-refractivity contribution in [3.63, 3.8) is 0 Å². The predicted molar refractivity (Wildman–Crippen MR) is 100 cm³/mol. The van der Waals surface area contributed by atoms with E-state index in [0.29, 0.717) is 17.7 Å². The summed E-state index contributed by atoms with van der Waals surface area (Å²) in [7, 11) is 0. The number of hydrogen-bond donors (Lipinski definition) is 0. The SMILES string of the molecule is O=C(C1CCN(C(=O)C2CC2c2ccc(Br)cc2)CC1)N1CCCC1. The van der Waals surface area contributed by atoms with Crippen molar-refractivity contribution in [2.24, 2.45) is 11.8 Å². The fourth-order valence-electron chi connectivity index (χ4n) is 4.32. The molecule has 1 aromatic carbocycles. The van der Waals surface area contributed by atoms with Crippen molar-refractivity contribution >= 4 is 27.7 Å². The fraction of sp³-hybridized carbons (Fsp3) is 0.600. The molecule has 3 aliphatic rings. The molecule has 2 amide bonds. The predicted octanol–water partition coefficient (Wildman–Crippen LogP) is 3.41. The van der Waals surface area contributed by atoms with Crippen LogP contribution in [0.2, 0.25) is 0 Å². The molecule has 134 valence electrons. The van der Waals surface area contributed by atoms with Crippen LogP contribution in [0.1, 0.15) is 43.6 Å². The summed E-state index contributed by atoms with van der Waals surface area (Å²) in [5, 5.41) is 0. The van der Waals surface area contributed by atoms with Crippen molar-refractivity contribution in [2.75, 3.05) is 26.2 Å². The van der Waals surface area contributed by atoms with Gasteiger partial charge in [-0.25, -0.2) is 0 Å². The average Bonchev–Trinajstić information content (AvgIpc) is 3.25. The first-order valence-corrected chi connectivity index (χ1v) is 10.3. The molecule has 4 rings (SSSR count). The summed E-state index contributed by atoms with van der Waals surface area (Å²) in [6.07, 6.45) is 4.91. The standard InChI is InChI=1S/C20H25BrN2O2/c21-16-5-3-14(4-6-16)17-13-18(17)20(25)23-11-7-15(8-12-23)19(24)22-9-1-2-10-22/h3-6,15,17-18H,1-2,7-13H2. The lowest BCUT2D eigenvalue weighted by Gasteiger charge is -2.33. The van der Waals surface area contributed by atoms with E-state index in [1.807, 2.05) is 21.9 Å². The first-order valence-electron chi connectivity index (χ1n) is 9.46. The molecule has 0 N–H and O–H groups in total. The van der Waals surface area contributed by atoms with Crippen molar-refractivity contribution in [1.29, 1.82) is 0 Å². The molecule has 2 atom stereocenters. The smallest absolute Gasteiger partial charge is 0.226 e. The third kappa shape index (κ3) is 3.62. The minimum absolute atomic E-state index is 0.128. The molecular formula is C20H25BrN2O2. The molecule has 2 aliphatic heterocycles. The second-order valence-corrected chi connectivity index (χ2v) is 8.55. The Morgan fingerprint density at radius 2 is 1.48 bits per heavy atom. The monoisotopic (exact) mass is 404 g/mol. The maximum atomic E-state index is 12.8. The lowest BCUT2D eigenvalue weighted by atomic mass is 9.95. The number of amides is 2. The number of hydrogen-bond acceptors (Lipinski definition) is 2. The van der Waals surface area contributed by atoms with Gasteiger partial charge in [0.15, 0.2) is 0 Å². The first kappa shape index (κ1) is 17.1. The molecule has 25 heavy (non-hydrogen) atoms. The van der Waals surface area contributed by atoms with Gasteiger partial charge in [0.05, 0.1) is 0 Å². The summed E-state index contributed by atoms with van der Waals surface area (Å²) in [5.74, 6) is 1.27. The van der Waals surface area contributed by atoms with E-state index < -0.39 is 0 Å². The topological polar surface area (TPSA) is 40.6 Å². The Labute approximate surface area is 157 Å². The number of likely N-dealkylation sites (tertiary alicyclic amines) is 2. The molecule has 2 unspecified atom stereocenters. The number of carbonyl (C=O) groups is 2. The van der Waals surface area contributed by atoms with Crippen LogP contribution in [0, 0.1) is 11.8 Å². The van der Waals surface area contributed by atoms with Gasteiger partial charge >= 0.3 is 0 Å². The summed E-state index contributed by atoms with van der Waals surface area (Å²) >= 11 is 3.46. The van der Waals surface area contributed by atoms with Crippen molar-refractivity contribution < 1.29 is 9.59 Å². The third-order valence-electron chi connectivity index (χ3n) is 5.98.